The van der Waals surface area contributed by atoms with Crippen molar-refractivity contribution in [1.82, 2.24) is 14.8 Å². The molecule has 0 aliphatic carbocycles. The number of aromatic nitrogens is 3. The van der Waals surface area contributed by atoms with E-state index in [1.54, 1.807) is 19.9 Å². The van der Waals surface area contributed by atoms with Gasteiger partial charge in [0, 0.05) is 17.5 Å². The lowest BCUT2D eigenvalue weighted by molar-refractivity contribution is 0.609. The minimum atomic E-state index is -0.298. The summed E-state index contributed by atoms with van der Waals surface area (Å²) in [6, 6.07) is 2.88. The summed E-state index contributed by atoms with van der Waals surface area (Å²) >= 11 is 1.31. The average Bonchev–Trinajstić information content (AvgIpc) is 2.73. The number of nitrogens with two attached hydrogens (primary N) is 1. The van der Waals surface area contributed by atoms with Gasteiger partial charge in [-0.05, 0) is 55.8 Å². The van der Waals surface area contributed by atoms with Crippen molar-refractivity contribution in [1.29, 1.82) is 0 Å². The number of benzene rings is 1. The van der Waals surface area contributed by atoms with Gasteiger partial charge in [-0.25, -0.2) is 14.3 Å². The standard InChI is InChI=1S/C13H17FN4OS/c1-4-18-12(19)16-17-13(18)20-11-5-7(2)10(14)6-9(11)8(3)15/h5-6,8H,4,15H2,1-3H3,(H,16,19)/t8-/m1/s1. The number of nitrogens with zero attached hydrogens (tertiary/aromatic N) is 2. The minimum absolute atomic E-state index is 0.254. The van der Waals surface area contributed by atoms with E-state index in [2.05, 4.69) is 10.2 Å². The second kappa shape index (κ2) is 5.80. The summed E-state index contributed by atoms with van der Waals surface area (Å²) < 4.78 is 15.2. The van der Waals surface area contributed by atoms with E-state index in [0.717, 1.165) is 4.90 Å². The molecule has 0 saturated heterocycles. The van der Waals surface area contributed by atoms with Gasteiger partial charge in [-0.1, -0.05) is 0 Å². The number of aryl methyl sites for hydroxylation is 1. The van der Waals surface area contributed by atoms with Gasteiger partial charge < -0.3 is 5.73 Å². The van der Waals surface area contributed by atoms with E-state index < -0.39 is 0 Å². The van der Waals surface area contributed by atoms with Crippen LogP contribution in [0, 0.1) is 12.7 Å². The van der Waals surface area contributed by atoms with E-state index in [-0.39, 0.29) is 17.5 Å². The van der Waals surface area contributed by atoms with Crippen molar-refractivity contribution in [3.8, 4) is 0 Å². The molecule has 108 valence electrons. The number of aromatic amines is 1. The monoisotopic (exact) mass is 296 g/mol. The molecule has 0 aliphatic rings. The molecule has 7 heteroatoms. The second-order valence-electron chi connectivity index (χ2n) is 4.59. The lowest BCUT2D eigenvalue weighted by Crippen LogP contribution is -2.16. The normalized spacial score (nSPS) is 12.7. The fourth-order valence-corrected chi connectivity index (χ4v) is 3.08. The first kappa shape index (κ1) is 14.8. The Morgan fingerprint density at radius 2 is 2.25 bits per heavy atom. The minimum Gasteiger partial charge on any atom is -0.324 e. The number of H-pyrrole nitrogens is 1. The van der Waals surface area contributed by atoms with E-state index in [1.165, 1.54) is 22.4 Å². The first-order valence-electron chi connectivity index (χ1n) is 6.32. The van der Waals surface area contributed by atoms with E-state index in [1.807, 2.05) is 6.92 Å². The van der Waals surface area contributed by atoms with Crippen molar-refractivity contribution in [3.05, 3.63) is 39.6 Å². The van der Waals surface area contributed by atoms with E-state index in [9.17, 15) is 9.18 Å². The highest BCUT2D eigenvalue weighted by molar-refractivity contribution is 7.99. The molecule has 1 aromatic heterocycles. The summed E-state index contributed by atoms with van der Waals surface area (Å²) in [4.78, 5) is 12.4. The van der Waals surface area contributed by atoms with Crippen LogP contribution in [0.25, 0.3) is 0 Å². The quantitative estimate of drug-likeness (QED) is 0.907. The smallest absolute Gasteiger partial charge is 0.324 e. The number of halogens is 1. The summed E-state index contributed by atoms with van der Waals surface area (Å²) in [6.07, 6.45) is 0. The molecule has 1 atom stereocenters. The Bertz CT molecular complexity index is 677. The first-order valence-corrected chi connectivity index (χ1v) is 7.14. The summed E-state index contributed by atoms with van der Waals surface area (Å²) in [5.41, 5.74) is 6.88. The fourth-order valence-electron chi connectivity index (χ4n) is 1.87. The van der Waals surface area contributed by atoms with Gasteiger partial charge in [0.25, 0.3) is 0 Å². The maximum atomic E-state index is 13.7. The summed E-state index contributed by atoms with van der Waals surface area (Å²) in [5, 5.41) is 6.95. The molecule has 0 aliphatic heterocycles. The molecule has 0 bridgehead atoms. The molecule has 0 unspecified atom stereocenters. The van der Waals surface area contributed by atoms with Gasteiger partial charge >= 0.3 is 5.69 Å². The lowest BCUT2D eigenvalue weighted by Gasteiger charge is -2.13. The van der Waals surface area contributed by atoms with Gasteiger partial charge in [0.2, 0.25) is 0 Å². The van der Waals surface area contributed by atoms with Crippen LogP contribution in [0.15, 0.2) is 27.0 Å². The van der Waals surface area contributed by atoms with Gasteiger partial charge in [-0.15, -0.1) is 5.10 Å². The molecule has 0 amide bonds. The van der Waals surface area contributed by atoms with Crippen molar-refractivity contribution >= 4 is 11.8 Å². The van der Waals surface area contributed by atoms with E-state index in [4.69, 9.17) is 5.73 Å². The zero-order valence-corrected chi connectivity index (χ0v) is 12.4. The van der Waals surface area contributed by atoms with Crippen LogP contribution in [0.4, 0.5) is 4.39 Å². The van der Waals surface area contributed by atoms with E-state index >= 15 is 0 Å². The predicted octanol–water partition coefficient (Wildman–Crippen LogP) is 2.21. The van der Waals surface area contributed by atoms with Crippen LogP contribution in [0.3, 0.4) is 0 Å². The summed E-state index contributed by atoms with van der Waals surface area (Å²) in [7, 11) is 0. The third kappa shape index (κ3) is 2.78. The Morgan fingerprint density at radius 1 is 1.55 bits per heavy atom. The number of hydrogen-bond donors (Lipinski definition) is 2. The van der Waals surface area contributed by atoms with Gasteiger partial charge in [-0.3, -0.25) is 4.57 Å². The highest BCUT2D eigenvalue weighted by Gasteiger charge is 2.15. The third-order valence-corrected chi connectivity index (χ3v) is 4.09. The Morgan fingerprint density at radius 3 is 2.85 bits per heavy atom. The highest BCUT2D eigenvalue weighted by Crippen LogP contribution is 2.33. The molecule has 2 aromatic rings. The molecule has 20 heavy (non-hydrogen) atoms. The first-order chi connectivity index (χ1) is 9.43. The topological polar surface area (TPSA) is 76.7 Å². The average molecular weight is 296 g/mol. The van der Waals surface area contributed by atoms with Crippen LogP contribution in [0.1, 0.15) is 31.0 Å². The highest BCUT2D eigenvalue weighted by atomic mass is 32.2. The molecule has 1 heterocycles. The van der Waals surface area contributed by atoms with Crippen molar-refractivity contribution < 1.29 is 4.39 Å². The van der Waals surface area contributed by atoms with Crippen LogP contribution in [-0.2, 0) is 6.54 Å². The molecule has 0 radical (unpaired) electrons. The molecule has 0 spiro atoms. The van der Waals surface area contributed by atoms with Crippen LogP contribution in [0.2, 0.25) is 0 Å². The van der Waals surface area contributed by atoms with Crippen molar-refractivity contribution in [3.63, 3.8) is 0 Å². The van der Waals surface area contributed by atoms with Gasteiger partial charge in [0.1, 0.15) is 5.82 Å². The number of hydrogen-bond acceptors (Lipinski definition) is 4. The third-order valence-electron chi connectivity index (χ3n) is 3.02. The van der Waals surface area contributed by atoms with Crippen molar-refractivity contribution in [2.24, 2.45) is 5.73 Å². The fraction of sp³-hybridized carbons (Fsp3) is 0.385. The van der Waals surface area contributed by atoms with Crippen molar-refractivity contribution in [2.75, 3.05) is 0 Å². The molecule has 2 rings (SSSR count). The Balaban J connectivity index is 2.47. The molecule has 0 fully saturated rings. The number of rotatable bonds is 4. The van der Waals surface area contributed by atoms with Gasteiger partial charge in [-0.2, -0.15) is 0 Å². The molecule has 0 saturated carbocycles. The Labute approximate surface area is 120 Å². The predicted molar refractivity (Wildman–Crippen MR) is 76.4 cm³/mol. The Hall–Kier alpha value is -1.60. The molecular formula is C13H17FN4OS. The van der Waals surface area contributed by atoms with Crippen molar-refractivity contribution in [2.45, 2.75) is 43.4 Å². The maximum absolute atomic E-state index is 13.7. The maximum Gasteiger partial charge on any atom is 0.343 e. The second-order valence-corrected chi connectivity index (χ2v) is 5.59. The molecule has 3 N–H and O–H groups in total. The zero-order valence-electron chi connectivity index (χ0n) is 11.6. The van der Waals surface area contributed by atoms with Crippen LogP contribution >= 0.6 is 11.8 Å². The van der Waals surface area contributed by atoms with Gasteiger partial charge in [0.15, 0.2) is 5.16 Å². The van der Waals surface area contributed by atoms with Crippen LogP contribution in [0.5, 0.6) is 0 Å². The largest absolute Gasteiger partial charge is 0.343 e. The lowest BCUT2D eigenvalue weighted by atomic mass is 10.1. The molecule has 5 nitrogen and oxygen atoms in total. The summed E-state index contributed by atoms with van der Waals surface area (Å²) in [5.74, 6) is -0.281. The zero-order chi connectivity index (χ0) is 14.9. The molecular weight excluding hydrogens is 279 g/mol. The SMILES string of the molecule is CCn1c(Sc2cc(C)c(F)cc2[C@@H](C)N)n[nH]c1=O. The molecule has 1 aromatic carbocycles. The number of nitrogens with one attached hydrogen (secondary N) is 1. The van der Waals surface area contributed by atoms with E-state index in [0.29, 0.717) is 22.8 Å². The van der Waals surface area contributed by atoms with Crippen LogP contribution in [-0.4, -0.2) is 14.8 Å². The van der Waals surface area contributed by atoms with Crippen LogP contribution < -0.4 is 11.4 Å². The Kier molecular flexibility index (Phi) is 4.29. The van der Waals surface area contributed by atoms with Gasteiger partial charge in [0.05, 0.1) is 0 Å². The summed E-state index contributed by atoms with van der Waals surface area (Å²) in [6.45, 7) is 5.88.